The number of hydrogen-bond acceptors (Lipinski definition) is 4. The normalized spacial score (nSPS) is 34.0. The SMILES string of the molecule is COC(=O)C1CN2CC3CCC(O)CC3CC2c2[nH]c3ccccc3c21. The molecule has 0 spiro atoms. The van der Waals surface area contributed by atoms with Gasteiger partial charge in [-0.15, -0.1) is 0 Å². The molecule has 5 nitrogen and oxygen atoms in total. The predicted octanol–water partition coefficient (Wildman–Crippen LogP) is 2.96. The second-order valence-corrected chi connectivity index (χ2v) is 8.27. The van der Waals surface area contributed by atoms with Crippen LogP contribution >= 0.6 is 0 Å². The number of para-hydroxylation sites is 1. The van der Waals surface area contributed by atoms with Crippen molar-refractivity contribution >= 4 is 16.9 Å². The Hall–Kier alpha value is -1.85. The van der Waals surface area contributed by atoms with Crippen LogP contribution in [0.5, 0.6) is 0 Å². The Morgan fingerprint density at radius 2 is 2.04 bits per heavy atom. The van der Waals surface area contributed by atoms with Crippen LogP contribution in [0.2, 0.25) is 0 Å². The number of benzene rings is 1. The highest BCUT2D eigenvalue weighted by Crippen LogP contribution is 2.49. The molecule has 3 aliphatic rings. The number of piperidine rings is 1. The van der Waals surface area contributed by atoms with Crippen LogP contribution in [-0.4, -0.2) is 47.3 Å². The summed E-state index contributed by atoms with van der Waals surface area (Å²) >= 11 is 0. The van der Waals surface area contributed by atoms with E-state index in [2.05, 4.69) is 22.0 Å². The first-order valence-corrected chi connectivity index (χ1v) is 9.76. The number of aliphatic hydroxyl groups is 1. The Bertz CT molecular complexity index is 845. The average Bonchev–Trinajstić information content (AvgIpc) is 3.05. The molecule has 1 saturated heterocycles. The van der Waals surface area contributed by atoms with Gasteiger partial charge in [0, 0.05) is 29.7 Å². The Morgan fingerprint density at radius 3 is 2.88 bits per heavy atom. The first-order valence-electron chi connectivity index (χ1n) is 9.76. The maximum absolute atomic E-state index is 12.6. The largest absolute Gasteiger partial charge is 0.469 e. The van der Waals surface area contributed by atoms with Crippen LogP contribution in [0.1, 0.15) is 48.9 Å². The standard InChI is InChI=1S/C21H26N2O3/c1-26-21(25)16-11-23-10-12-6-7-14(24)8-13(12)9-18(23)20-19(16)15-4-2-3-5-17(15)22-20/h2-5,12-14,16,18,22,24H,6-11H2,1H3. The smallest absolute Gasteiger partial charge is 0.314 e. The van der Waals surface area contributed by atoms with Crippen LogP contribution in [0.25, 0.3) is 10.9 Å². The van der Waals surface area contributed by atoms with Crippen molar-refractivity contribution in [3.63, 3.8) is 0 Å². The summed E-state index contributed by atoms with van der Waals surface area (Å²) in [6, 6.07) is 8.56. The van der Waals surface area contributed by atoms with Gasteiger partial charge in [-0.1, -0.05) is 18.2 Å². The first-order chi connectivity index (χ1) is 12.7. The van der Waals surface area contributed by atoms with Crippen molar-refractivity contribution in [3.8, 4) is 0 Å². The van der Waals surface area contributed by atoms with E-state index >= 15 is 0 Å². The van der Waals surface area contributed by atoms with Crippen molar-refractivity contribution in [2.45, 2.75) is 43.7 Å². The number of fused-ring (bicyclic) bond motifs is 6. The van der Waals surface area contributed by atoms with E-state index in [0.29, 0.717) is 17.9 Å². The van der Waals surface area contributed by atoms with Crippen molar-refractivity contribution in [3.05, 3.63) is 35.5 Å². The van der Waals surface area contributed by atoms with Gasteiger partial charge in [0.2, 0.25) is 0 Å². The number of methoxy groups -OCH3 is 1. The Labute approximate surface area is 153 Å². The predicted molar refractivity (Wildman–Crippen MR) is 98.8 cm³/mol. The third-order valence-electron chi connectivity index (χ3n) is 6.91. The van der Waals surface area contributed by atoms with Crippen LogP contribution in [-0.2, 0) is 9.53 Å². The molecule has 0 bridgehead atoms. The number of carbonyl (C=O) groups is 1. The number of carbonyl (C=O) groups excluding carboxylic acids is 1. The van der Waals surface area contributed by atoms with E-state index in [0.717, 1.165) is 55.2 Å². The Balaban J connectivity index is 1.59. The summed E-state index contributed by atoms with van der Waals surface area (Å²) in [5.41, 5.74) is 3.41. The third kappa shape index (κ3) is 2.41. The zero-order chi connectivity index (χ0) is 17.8. The molecular weight excluding hydrogens is 328 g/mol. The average molecular weight is 354 g/mol. The summed E-state index contributed by atoms with van der Waals surface area (Å²) in [5, 5.41) is 11.3. The van der Waals surface area contributed by atoms with Crippen molar-refractivity contribution in [2.75, 3.05) is 20.2 Å². The van der Waals surface area contributed by atoms with Crippen molar-refractivity contribution in [1.82, 2.24) is 9.88 Å². The molecule has 0 radical (unpaired) electrons. The Kier molecular flexibility index (Phi) is 3.83. The van der Waals surface area contributed by atoms with E-state index in [1.165, 1.54) is 12.8 Å². The molecule has 1 aliphatic carbocycles. The van der Waals surface area contributed by atoms with Gasteiger partial charge in [-0.3, -0.25) is 9.69 Å². The quantitative estimate of drug-likeness (QED) is 0.773. The molecule has 5 rings (SSSR count). The maximum atomic E-state index is 12.6. The number of aromatic nitrogens is 1. The summed E-state index contributed by atoms with van der Waals surface area (Å²) in [4.78, 5) is 18.7. The number of aromatic amines is 1. The highest BCUT2D eigenvalue weighted by Gasteiger charge is 2.46. The van der Waals surface area contributed by atoms with Gasteiger partial charge >= 0.3 is 5.97 Å². The molecule has 26 heavy (non-hydrogen) atoms. The number of esters is 1. The summed E-state index contributed by atoms with van der Waals surface area (Å²) in [6.07, 6.45) is 3.85. The molecule has 1 aromatic heterocycles. The van der Waals surface area contributed by atoms with Crippen LogP contribution in [0.4, 0.5) is 0 Å². The molecule has 2 N–H and O–H groups in total. The van der Waals surface area contributed by atoms with Gasteiger partial charge < -0.3 is 14.8 Å². The fraction of sp³-hybridized carbons (Fsp3) is 0.571. The van der Waals surface area contributed by atoms with E-state index in [9.17, 15) is 9.90 Å². The lowest BCUT2D eigenvalue weighted by atomic mass is 9.69. The molecule has 3 heterocycles. The molecule has 5 atom stereocenters. The van der Waals surface area contributed by atoms with E-state index in [4.69, 9.17) is 4.74 Å². The van der Waals surface area contributed by atoms with Crippen LogP contribution in [0.3, 0.4) is 0 Å². The molecule has 5 heteroatoms. The Morgan fingerprint density at radius 1 is 1.19 bits per heavy atom. The fourth-order valence-corrected chi connectivity index (χ4v) is 5.68. The van der Waals surface area contributed by atoms with Crippen molar-refractivity contribution in [1.29, 1.82) is 0 Å². The molecule has 2 fully saturated rings. The number of nitrogens with one attached hydrogen (secondary N) is 1. The third-order valence-corrected chi connectivity index (χ3v) is 6.91. The maximum Gasteiger partial charge on any atom is 0.314 e. The molecule has 0 amide bonds. The van der Waals surface area contributed by atoms with E-state index in [-0.39, 0.29) is 18.0 Å². The second kappa shape index (κ2) is 6.10. The number of aliphatic hydroxyl groups excluding tert-OH is 1. The van der Waals surface area contributed by atoms with Gasteiger partial charge in [-0.05, 0) is 49.1 Å². The van der Waals surface area contributed by atoms with Gasteiger partial charge in [-0.2, -0.15) is 0 Å². The zero-order valence-electron chi connectivity index (χ0n) is 15.1. The van der Waals surface area contributed by atoms with Crippen LogP contribution < -0.4 is 0 Å². The van der Waals surface area contributed by atoms with E-state index < -0.39 is 0 Å². The summed E-state index contributed by atoms with van der Waals surface area (Å²) < 4.78 is 5.15. The number of rotatable bonds is 1. The minimum absolute atomic E-state index is 0.142. The number of ether oxygens (including phenoxy) is 1. The number of H-pyrrole nitrogens is 1. The van der Waals surface area contributed by atoms with Gasteiger partial charge in [0.1, 0.15) is 0 Å². The summed E-state index contributed by atoms with van der Waals surface area (Å²) in [7, 11) is 1.48. The molecule has 1 saturated carbocycles. The molecule has 1 aromatic carbocycles. The molecule has 2 aliphatic heterocycles. The minimum atomic E-state index is -0.229. The summed E-state index contributed by atoms with van der Waals surface area (Å²) in [6.45, 7) is 1.75. The monoisotopic (exact) mass is 354 g/mol. The molecular formula is C21H26N2O3. The lowest BCUT2D eigenvalue weighted by Crippen LogP contribution is -2.50. The van der Waals surface area contributed by atoms with Crippen molar-refractivity contribution < 1.29 is 14.6 Å². The summed E-state index contributed by atoms with van der Waals surface area (Å²) in [5.74, 6) is 0.844. The van der Waals surface area contributed by atoms with Gasteiger partial charge in [0.15, 0.2) is 0 Å². The van der Waals surface area contributed by atoms with Crippen LogP contribution in [0, 0.1) is 11.8 Å². The first kappa shape index (κ1) is 16.3. The lowest BCUT2D eigenvalue weighted by Gasteiger charge is -2.49. The molecule has 5 unspecified atom stereocenters. The zero-order valence-corrected chi connectivity index (χ0v) is 15.1. The van der Waals surface area contributed by atoms with Crippen molar-refractivity contribution in [2.24, 2.45) is 11.8 Å². The molecule has 138 valence electrons. The van der Waals surface area contributed by atoms with Gasteiger partial charge in [-0.25, -0.2) is 0 Å². The topological polar surface area (TPSA) is 65.6 Å². The fourth-order valence-electron chi connectivity index (χ4n) is 5.68. The second-order valence-electron chi connectivity index (χ2n) is 8.27. The van der Waals surface area contributed by atoms with Crippen LogP contribution in [0.15, 0.2) is 24.3 Å². The highest BCUT2D eigenvalue weighted by atomic mass is 16.5. The highest BCUT2D eigenvalue weighted by molar-refractivity contribution is 5.92. The number of hydrogen-bond donors (Lipinski definition) is 2. The molecule has 2 aromatic rings. The lowest BCUT2D eigenvalue weighted by molar-refractivity contribution is -0.144. The number of nitrogens with zero attached hydrogens (tertiary/aromatic N) is 1. The minimum Gasteiger partial charge on any atom is -0.469 e. The van der Waals surface area contributed by atoms with E-state index in [1.807, 2.05) is 12.1 Å². The van der Waals surface area contributed by atoms with Gasteiger partial charge in [0.05, 0.1) is 25.2 Å². The van der Waals surface area contributed by atoms with Gasteiger partial charge in [0.25, 0.3) is 0 Å². The van der Waals surface area contributed by atoms with E-state index in [1.54, 1.807) is 0 Å².